The maximum absolute atomic E-state index is 8.90. The summed E-state index contributed by atoms with van der Waals surface area (Å²) < 4.78 is 60.2. The Labute approximate surface area is 261 Å². The van der Waals surface area contributed by atoms with Crippen molar-refractivity contribution in [2.24, 2.45) is 0 Å². The van der Waals surface area contributed by atoms with Crippen molar-refractivity contribution in [2.75, 3.05) is 0 Å². The van der Waals surface area contributed by atoms with Gasteiger partial charge in [0.05, 0.1) is 30.3 Å². The molecule has 0 saturated heterocycles. The highest BCUT2D eigenvalue weighted by Crippen LogP contribution is 2.39. The molecule has 0 aliphatic carbocycles. The Morgan fingerprint density at radius 2 is 1.09 bits per heavy atom. The monoisotopic (exact) mass is 570 g/mol. The van der Waals surface area contributed by atoms with Crippen LogP contribution in [-0.2, 0) is 0 Å². The van der Waals surface area contributed by atoms with Crippen molar-refractivity contribution in [3.63, 3.8) is 0 Å². The molecule has 0 atom stereocenters. The van der Waals surface area contributed by atoms with Gasteiger partial charge in [0.2, 0.25) is 0 Å². The normalized spacial score (nSPS) is 13.5. The van der Waals surface area contributed by atoms with Gasteiger partial charge in [0.15, 0.2) is 17.5 Å². The first-order valence-electron chi connectivity index (χ1n) is 17.1. The molecule has 5 nitrogen and oxygen atoms in total. The van der Waals surface area contributed by atoms with Crippen LogP contribution < -0.4 is 0 Å². The molecule has 0 fully saturated rings. The Hall–Kier alpha value is -6.07. The van der Waals surface area contributed by atoms with Gasteiger partial charge in [0.1, 0.15) is 11.2 Å². The molecule has 0 aliphatic heterocycles. The summed E-state index contributed by atoms with van der Waals surface area (Å²) >= 11 is 0. The van der Waals surface area contributed by atoms with Crippen LogP contribution in [0, 0.1) is 0 Å². The average molecular weight is 571 g/mol. The van der Waals surface area contributed by atoms with Crippen LogP contribution in [0.4, 0.5) is 0 Å². The summed E-state index contributed by atoms with van der Waals surface area (Å²) in [5, 5.41) is 1.88. The van der Waals surface area contributed by atoms with Crippen molar-refractivity contribution in [3.05, 3.63) is 145 Å². The molecule has 6 aromatic carbocycles. The van der Waals surface area contributed by atoms with E-state index >= 15 is 0 Å². The van der Waals surface area contributed by atoms with Gasteiger partial charge in [-0.25, -0.2) is 15.0 Å². The topological polar surface area (TPSA) is 56.7 Å². The summed E-state index contributed by atoms with van der Waals surface area (Å²) in [5.41, 5.74) is 4.73. The molecule has 44 heavy (non-hydrogen) atoms. The average Bonchev–Trinajstić information content (AvgIpc) is 3.71. The van der Waals surface area contributed by atoms with E-state index in [-0.39, 0.29) is 47.0 Å². The van der Waals surface area contributed by atoms with Gasteiger partial charge >= 0.3 is 0 Å². The van der Waals surface area contributed by atoms with Gasteiger partial charge in [-0.3, -0.25) is 0 Å². The smallest absolute Gasteiger partial charge is 0.164 e. The van der Waals surface area contributed by atoms with E-state index in [0.717, 1.165) is 22.1 Å². The summed E-state index contributed by atoms with van der Waals surface area (Å²) in [6, 6.07) is 32.7. The molecule has 0 radical (unpaired) electrons. The molecule has 9 rings (SSSR count). The van der Waals surface area contributed by atoms with Crippen LogP contribution in [0.15, 0.2) is 150 Å². The van der Waals surface area contributed by atoms with Crippen LogP contribution in [0.25, 0.3) is 83.6 Å². The van der Waals surface area contributed by atoms with Crippen molar-refractivity contribution in [2.45, 2.75) is 0 Å². The second-order valence-electron chi connectivity index (χ2n) is 10.4. The van der Waals surface area contributed by atoms with E-state index < -0.39 is 0 Å². The standard InChI is InChI=1S/C39H24N4O/c1-3-12-25(13-4-1)37-40-38(26-14-5-2-6-15-26)42-39(41-37)27-22-23-30-35(24-27)44-34-21-11-20-33(36(30)34)43-31-18-9-7-16-28(31)29-17-8-10-19-32(29)43/h1-24H/i7D,8D,16D,17D,18D,19D. The van der Waals surface area contributed by atoms with Crippen molar-refractivity contribution < 1.29 is 12.6 Å². The Morgan fingerprint density at radius 3 is 1.70 bits per heavy atom. The van der Waals surface area contributed by atoms with Crippen LogP contribution in [0.1, 0.15) is 8.22 Å². The van der Waals surface area contributed by atoms with Gasteiger partial charge in [0.25, 0.3) is 0 Å². The van der Waals surface area contributed by atoms with E-state index in [2.05, 4.69) is 0 Å². The zero-order valence-electron chi connectivity index (χ0n) is 29.1. The predicted octanol–water partition coefficient (Wildman–Crippen LogP) is 9.87. The Morgan fingerprint density at radius 1 is 0.500 bits per heavy atom. The molecule has 206 valence electrons. The van der Waals surface area contributed by atoms with Gasteiger partial charge in [-0.2, -0.15) is 0 Å². The van der Waals surface area contributed by atoms with E-state index in [0.29, 0.717) is 50.7 Å². The van der Waals surface area contributed by atoms with E-state index in [4.69, 9.17) is 27.6 Å². The third-order valence-electron chi connectivity index (χ3n) is 7.80. The summed E-state index contributed by atoms with van der Waals surface area (Å²) in [5.74, 6) is 1.56. The number of aromatic nitrogens is 4. The summed E-state index contributed by atoms with van der Waals surface area (Å²) in [6.07, 6.45) is 0. The van der Waals surface area contributed by atoms with Crippen LogP contribution in [0.3, 0.4) is 0 Å². The Balaban J connectivity index is 1.30. The molecular weight excluding hydrogens is 540 g/mol. The number of hydrogen-bond donors (Lipinski definition) is 0. The molecule has 0 N–H and O–H groups in total. The van der Waals surface area contributed by atoms with Gasteiger partial charge < -0.3 is 8.98 Å². The van der Waals surface area contributed by atoms with Crippen molar-refractivity contribution in [1.29, 1.82) is 0 Å². The Kier molecular flexibility index (Phi) is 4.25. The largest absolute Gasteiger partial charge is 0.456 e. The van der Waals surface area contributed by atoms with E-state index in [1.807, 2.05) is 97.1 Å². The first-order chi connectivity index (χ1) is 24.3. The van der Waals surface area contributed by atoms with Crippen molar-refractivity contribution in [3.8, 4) is 39.9 Å². The second-order valence-corrected chi connectivity index (χ2v) is 10.4. The third kappa shape index (κ3) is 3.83. The number of rotatable bonds is 4. The molecule has 0 aliphatic rings. The highest BCUT2D eigenvalue weighted by Gasteiger charge is 2.19. The van der Waals surface area contributed by atoms with Crippen LogP contribution in [0.5, 0.6) is 0 Å². The maximum atomic E-state index is 8.90. The quantitative estimate of drug-likeness (QED) is 0.211. The SMILES string of the molecule is [2H]c1cc([2H])c2c(c1[2H])c1c([2H])c([2H])cc([2H])c1n2-c1cccc2oc3cc(-c4nc(-c5ccccc5)nc(-c5ccccc5)n4)ccc3c12. The maximum Gasteiger partial charge on any atom is 0.164 e. The first-order valence-corrected chi connectivity index (χ1v) is 14.1. The highest BCUT2D eigenvalue weighted by atomic mass is 16.3. The van der Waals surface area contributed by atoms with Crippen LogP contribution in [0.2, 0.25) is 0 Å². The lowest BCUT2D eigenvalue weighted by atomic mass is 10.1. The van der Waals surface area contributed by atoms with Crippen LogP contribution >= 0.6 is 0 Å². The summed E-state index contributed by atoms with van der Waals surface area (Å²) in [6.45, 7) is 0. The third-order valence-corrected chi connectivity index (χ3v) is 7.80. The highest BCUT2D eigenvalue weighted by molar-refractivity contribution is 6.14. The van der Waals surface area contributed by atoms with Gasteiger partial charge in [0, 0.05) is 32.8 Å². The lowest BCUT2D eigenvalue weighted by Gasteiger charge is -2.10. The molecule has 0 unspecified atom stereocenters. The minimum atomic E-state index is -0.161. The van der Waals surface area contributed by atoms with E-state index in [9.17, 15) is 0 Å². The fraction of sp³-hybridized carbons (Fsp3) is 0. The van der Waals surface area contributed by atoms with Gasteiger partial charge in [-0.05, 0) is 36.4 Å². The molecule has 5 heteroatoms. The molecule has 3 aromatic heterocycles. The predicted molar refractivity (Wildman–Crippen MR) is 178 cm³/mol. The number of furan rings is 1. The Bertz CT molecular complexity index is 2700. The summed E-state index contributed by atoms with van der Waals surface area (Å²) in [7, 11) is 0. The zero-order chi connectivity index (χ0) is 34.3. The summed E-state index contributed by atoms with van der Waals surface area (Å²) in [4.78, 5) is 14.5. The second kappa shape index (κ2) is 9.75. The molecular formula is C39H24N4O. The van der Waals surface area contributed by atoms with E-state index in [1.165, 1.54) is 12.1 Å². The minimum Gasteiger partial charge on any atom is -0.456 e. The van der Waals surface area contributed by atoms with Gasteiger partial charge in [-0.15, -0.1) is 0 Å². The molecule has 0 bridgehead atoms. The number of benzene rings is 6. The minimum absolute atomic E-state index is 0.0205. The van der Waals surface area contributed by atoms with E-state index in [1.54, 1.807) is 4.57 Å². The molecule has 0 spiro atoms. The number of hydrogen-bond acceptors (Lipinski definition) is 4. The first kappa shape index (κ1) is 19.2. The molecule has 3 heterocycles. The lowest BCUT2D eigenvalue weighted by Crippen LogP contribution is -2.00. The molecule has 0 amide bonds. The number of para-hydroxylation sites is 2. The lowest BCUT2D eigenvalue weighted by molar-refractivity contribution is 0.669. The number of nitrogens with zero attached hydrogens (tertiary/aromatic N) is 4. The van der Waals surface area contributed by atoms with Crippen molar-refractivity contribution >= 4 is 43.7 Å². The number of fused-ring (bicyclic) bond motifs is 6. The van der Waals surface area contributed by atoms with Gasteiger partial charge in [-0.1, -0.05) is 109 Å². The molecule has 9 aromatic rings. The molecule has 0 saturated carbocycles. The zero-order valence-corrected chi connectivity index (χ0v) is 23.1. The fourth-order valence-electron chi connectivity index (χ4n) is 5.83. The van der Waals surface area contributed by atoms with Crippen LogP contribution in [-0.4, -0.2) is 19.5 Å². The van der Waals surface area contributed by atoms with Crippen molar-refractivity contribution in [1.82, 2.24) is 19.5 Å². The fourth-order valence-corrected chi connectivity index (χ4v) is 5.83.